The number of amides is 1. The van der Waals surface area contributed by atoms with Crippen LogP contribution in [-0.2, 0) is 11.2 Å². The molecule has 5 nitrogen and oxygen atoms in total. The minimum atomic E-state index is -0.0457. The number of pyridine rings is 1. The molecule has 1 amide bonds. The molecule has 2 aromatic heterocycles. The van der Waals surface area contributed by atoms with Gasteiger partial charge < -0.3 is 5.32 Å². The average molecular weight is 308 g/mol. The summed E-state index contributed by atoms with van der Waals surface area (Å²) in [7, 11) is 0. The number of aryl methyl sites for hydroxylation is 1. The van der Waals surface area contributed by atoms with E-state index in [1.807, 2.05) is 51.1 Å². The predicted octanol–water partition coefficient (Wildman–Crippen LogP) is 2.80. The lowest BCUT2D eigenvalue weighted by atomic mass is 10.0. The molecule has 1 aliphatic carbocycles. The largest absolute Gasteiger partial charge is 0.350 e. The lowest BCUT2D eigenvalue weighted by Gasteiger charge is -2.08. The third kappa shape index (κ3) is 3.23. The quantitative estimate of drug-likeness (QED) is 0.916. The van der Waals surface area contributed by atoms with E-state index in [2.05, 4.69) is 20.5 Å². The first kappa shape index (κ1) is 15.2. The summed E-state index contributed by atoms with van der Waals surface area (Å²) in [6.07, 6.45) is 8.15. The number of aromatic amines is 1. The molecule has 3 rings (SSSR count). The van der Waals surface area contributed by atoms with Crippen molar-refractivity contribution in [3.05, 3.63) is 53.0 Å². The standard InChI is InChI=1S/C18H20N4O/c1-11(2)20-18(23)13-4-6-15-16(7-5-13)21-22-17(15)14-8-9-19-12(3)10-14/h4-5,7-11H,6H2,1-3H3,(H,20,23)(H,21,22). The SMILES string of the molecule is Cc1cc(-c2n[nH]c3c2CC=C(C(=O)NC(C)C)C=C3)ccn1. The van der Waals surface area contributed by atoms with Crippen LogP contribution >= 0.6 is 0 Å². The maximum Gasteiger partial charge on any atom is 0.251 e. The zero-order valence-electron chi connectivity index (χ0n) is 13.6. The summed E-state index contributed by atoms with van der Waals surface area (Å²) in [5.41, 5.74) is 5.62. The van der Waals surface area contributed by atoms with Crippen LogP contribution in [0.15, 0.2) is 36.1 Å². The Morgan fingerprint density at radius 1 is 1.35 bits per heavy atom. The molecule has 1 aliphatic rings. The summed E-state index contributed by atoms with van der Waals surface area (Å²) >= 11 is 0. The number of allylic oxidation sites excluding steroid dienone is 1. The highest BCUT2D eigenvalue weighted by Crippen LogP contribution is 2.27. The fraction of sp³-hybridized carbons (Fsp3) is 0.278. The van der Waals surface area contributed by atoms with Gasteiger partial charge in [0.15, 0.2) is 0 Å². The van der Waals surface area contributed by atoms with E-state index in [-0.39, 0.29) is 11.9 Å². The number of carbonyl (C=O) groups is 1. The Morgan fingerprint density at radius 3 is 2.91 bits per heavy atom. The van der Waals surface area contributed by atoms with Crippen molar-refractivity contribution in [3.63, 3.8) is 0 Å². The molecule has 0 radical (unpaired) electrons. The van der Waals surface area contributed by atoms with E-state index < -0.39 is 0 Å². The second-order valence-corrected chi connectivity index (χ2v) is 5.98. The van der Waals surface area contributed by atoms with Gasteiger partial charge in [-0.3, -0.25) is 14.9 Å². The van der Waals surface area contributed by atoms with Gasteiger partial charge in [0.1, 0.15) is 0 Å². The molecule has 0 saturated carbocycles. The van der Waals surface area contributed by atoms with Crippen molar-refractivity contribution >= 4 is 12.0 Å². The van der Waals surface area contributed by atoms with Crippen molar-refractivity contribution in [3.8, 4) is 11.3 Å². The average Bonchev–Trinajstić information content (AvgIpc) is 2.78. The fourth-order valence-corrected chi connectivity index (χ4v) is 2.62. The van der Waals surface area contributed by atoms with E-state index in [0.717, 1.165) is 28.2 Å². The number of nitrogens with one attached hydrogen (secondary N) is 2. The second-order valence-electron chi connectivity index (χ2n) is 5.98. The lowest BCUT2D eigenvalue weighted by Crippen LogP contribution is -2.30. The normalized spacial score (nSPS) is 13.5. The van der Waals surface area contributed by atoms with E-state index in [0.29, 0.717) is 12.0 Å². The van der Waals surface area contributed by atoms with E-state index in [1.165, 1.54) is 0 Å². The van der Waals surface area contributed by atoms with E-state index in [4.69, 9.17) is 0 Å². The van der Waals surface area contributed by atoms with Gasteiger partial charge in [0.05, 0.1) is 11.4 Å². The molecule has 118 valence electrons. The highest BCUT2D eigenvalue weighted by atomic mass is 16.1. The Morgan fingerprint density at radius 2 is 2.17 bits per heavy atom. The Bertz CT molecular complexity index is 799. The Kier molecular flexibility index (Phi) is 4.10. The number of H-pyrrole nitrogens is 1. The first-order valence-corrected chi connectivity index (χ1v) is 7.74. The van der Waals surface area contributed by atoms with Crippen molar-refractivity contribution < 1.29 is 4.79 Å². The zero-order chi connectivity index (χ0) is 16.4. The van der Waals surface area contributed by atoms with Crippen LogP contribution in [0.5, 0.6) is 0 Å². The number of hydrogen-bond donors (Lipinski definition) is 2. The maximum absolute atomic E-state index is 12.2. The molecule has 2 N–H and O–H groups in total. The van der Waals surface area contributed by atoms with Crippen LogP contribution in [0, 0.1) is 6.92 Å². The summed E-state index contributed by atoms with van der Waals surface area (Å²) in [5, 5.41) is 10.4. The first-order chi connectivity index (χ1) is 11.0. The third-order valence-electron chi connectivity index (χ3n) is 3.71. The molecule has 0 fully saturated rings. The minimum absolute atomic E-state index is 0.0457. The molecular weight excluding hydrogens is 288 g/mol. The predicted molar refractivity (Wildman–Crippen MR) is 90.7 cm³/mol. The van der Waals surface area contributed by atoms with Gasteiger partial charge in [-0.2, -0.15) is 5.10 Å². The van der Waals surface area contributed by atoms with Crippen molar-refractivity contribution in [1.29, 1.82) is 0 Å². The highest BCUT2D eigenvalue weighted by molar-refractivity contribution is 5.97. The van der Waals surface area contributed by atoms with Gasteiger partial charge >= 0.3 is 0 Å². The van der Waals surface area contributed by atoms with E-state index in [1.54, 1.807) is 6.20 Å². The second kappa shape index (κ2) is 6.20. The van der Waals surface area contributed by atoms with Gasteiger partial charge in [-0.05, 0) is 51.5 Å². The zero-order valence-corrected chi connectivity index (χ0v) is 13.6. The molecule has 2 aromatic rings. The van der Waals surface area contributed by atoms with Crippen LogP contribution in [0.4, 0.5) is 0 Å². The summed E-state index contributed by atoms with van der Waals surface area (Å²) in [5.74, 6) is -0.0457. The van der Waals surface area contributed by atoms with Crippen LogP contribution < -0.4 is 5.32 Å². The van der Waals surface area contributed by atoms with Crippen molar-refractivity contribution in [2.45, 2.75) is 33.2 Å². The minimum Gasteiger partial charge on any atom is -0.350 e. The first-order valence-electron chi connectivity index (χ1n) is 7.74. The molecule has 0 aliphatic heterocycles. The van der Waals surface area contributed by atoms with Crippen molar-refractivity contribution in [2.24, 2.45) is 0 Å². The molecule has 0 aromatic carbocycles. The molecule has 5 heteroatoms. The monoisotopic (exact) mass is 308 g/mol. The van der Waals surface area contributed by atoms with Gasteiger partial charge in [-0.25, -0.2) is 0 Å². The van der Waals surface area contributed by atoms with Gasteiger partial charge in [-0.15, -0.1) is 0 Å². The number of nitrogens with zero attached hydrogens (tertiary/aromatic N) is 2. The van der Waals surface area contributed by atoms with Crippen LogP contribution in [0.25, 0.3) is 17.3 Å². The molecule has 0 bridgehead atoms. The number of fused-ring (bicyclic) bond motifs is 1. The fourth-order valence-electron chi connectivity index (χ4n) is 2.62. The van der Waals surface area contributed by atoms with Gasteiger partial charge in [0.2, 0.25) is 0 Å². The van der Waals surface area contributed by atoms with Crippen LogP contribution in [0.3, 0.4) is 0 Å². The number of hydrogen-bond acceptors (Lipinski definition) is 3. The van der Waals surface area contributed by atoms with Gasteiger partial charge in [0, 0.05) is 34.6 Å². The van der Waals surface area contributed by atoms with Crippen LogP contribution in [-0.4, -0.2) is 27.1 Å². The maximum atomic E-state index is 12.2. The van der Waals surface area contributed by atoms with Crippen LogP contribution in [0.1, 0.15) is 30.8 Å². The molecule has 0 atom stereocenters. The highest BCUT2D eigenvalue weighted by Gasteiger charge is 2.17. The Balaban J connectivity index is 1.92. The van der Waals surface area contributed by atoms with Gasteiger partial charge in [0.25, 0.3) is 5.91 Å². The Hall–Kier alpha value is -2.69. The molecule has 23 heavy (non-hydrogen) atoms. The summed E-state index contributed by atoms with van der Waals surface area (Å²) in [6, 6.07) is 4.09. The number of aromatic nitrogens is 3. The third-order valence-corrected chi connectivity index (χ3v) is 3.71. The molecular formula is C18H20N4O. The van der Waals surface area contributed by atoms with E-state index in [9.17, 15) is 4.79 Å². The summed E-state index contributed by atoms with van der Waals surface area (Å²) in [6.45, 7) is 5.87. The summed E-state index contributed by atoms with van der Waals surface area (Å²) < 4.78 is 0. The van der Waals surface area contributed by atoms with Crippen LogP contribution in [0.2, 0.25) is 0 Å². The number of rotatable bonds is 3. The smallest absolute Gasteiger partial charge is 0.251 e. The molecule has 2 heterocycles. The molecule has 0 saturated heterocycles. The topological polar surface area (TPSA) is 70.7 Å². The molecule has 0 spiro atoms. The van der Waals surface area contributed by atoms with Gasteiger partial charge in [-0.1, -0.05) is 6.08 Å². The lowest BCUT2D eigenvalue weighted by molar-refractivity contribution is -0.117. The Labute approximate surface area is 135 Å². The van der Waals surface area contributed by atoms with Crippen molar-refractivity contribution in [2.75, 3.05) is 0 Å². The summed E-state index contributed by atoms with van der Waals surface area (Å²) in [4.78, 5) is 16.4. The number of carbonyl (C=O) groups excluding carboxylic acids is 1. The van der Waals surface area contributed by atoms with Crippen molar-refractivity contribution in [1.82, 2.24) is 20.5 Å². The molecule has 0 unspecified atom stereocenters. The van der Waals surface area contributed by atoms with E-state index >= 15 is 0 Å².